The highest BCUT2D eigenvalue weighted by atomic mass is 32.2. The first-order valence-electron chi connectivity index (χ1n) is 11.3. The number of hydrogen-bond donors (Lipinski definition) is 0. The van der Waals surface area contributed by atoms with E-state index in [2.05, 4.69) is 44.2 Å². The van der Waals surface area contributed by atoms with Gasteiger partial charge in [0.2, 0.25) is 11.1 Å². The maximum absolute atomic E-state index is 12.8. The molecule has 1 fully saturated rings. The topological polar surface area (TPSA) is 66.6 Å². The number of fused-ring (bicyclic) bond motifs is 1. The first kappa shape index (κ1) is 22.6. The summed E-state index contributed by atoms with van der Waals surface area (Å²) < 4.78 is 1.78. The number of amides is 1. The second kappa shape index (κ2) is 9.90. The van der Waals surface area contributed by atoms with Gasteiger partial charge in [-0.15, -0.1) is 5.10 Å². The molecule has 1 aliphatic rings. The van der Waals surface area contributed by atoms with Crippen molar-refractivity contribution in [1.29, 1.82) is 0 Å². The van der Waals surface area contributed by atoms with Crippen molar-refractivity contribution in [2.45, 2.75) is 57.7 Å². The number of nitrogens with zero attached hydrogens (tertiary/aromatic N) is 6. The van der Waals surface area contributed by atoms with E-state index < -0.39 is 0 Å². The van der Waals surface area contributed by atoms with Crippen molar-refractivity contribution < 1.29 is 4.79 Å². The van der Waals surface area contributed by atoms with Crippen LogP contribution >= 0.6 is 11.8 Å². The van der Waals surface area contributed by atoms with Gasteiger partial charge in [0, 0.05) is 50.2 Å². The molecular weight excluding hydrogens is 420 g/mol. The van der Waals surface area contributed by atoms with Gasteiger partial charge in [0.25, 0.3) is 5.78 Å². The van der Waals surface area contributed by atoms with Crippen LogP contribution in [0.1, 0.15) is 48.2 Å². The number of rotatable bonds is 7. The molecule has 1 aromatic carbocycles. The molecule has 4 rings (SSSR count). The zero-order valence-corrected chi connectivity index (χ0v) is 20.3. The molecule has 1 amide bonds. The lowest BCUT2D eigenvalue weighted by molar-refractivity contribution is -0.130. The van der Waals surface area contributed by atoms with E-state index in [-0.39, 0.29) is 5.91 Å². The molecule has 1 aliphatic heterocycles. The minimum Gasteiger partial charge on any atom is -0.372 e. The second-order valence-electron chi connectivity index (χ2n) is 8.54. The van der Waals surface area contributed by atoms with Gasteiger partial charge in [-0.25, -0.2) is 9.50 Å². The Labute approximate surface area is 194 Å². The van der Waals surface area contributed by atoms with Gasteiger partial charge in [-0.1, -0.05) is 23.9 Å². The number of hydrogen-bond acceptors (Lipinski definition) is 6. The Morgan fingerprint density at radius 3 is 2.50 bits per heavy atom. The van der Waals surface area contributed by atoms with Crippen molar-refractivity contribution in [3.05, 3.63) is 46.8 Å². The Hall–Kier alpha value is -2.61. The smallest absolute Gasteiger partial charge is 0.253 e. The number of piperidine rings is 1. The fraction of sp³-hybridized carbons (Fsp3) is 0.500. The molecule has 0 unspecified atom stereocenters. The summed E-state index contributed by atoms with van der Waals surface area (Å²) in [6.07, 6.45) is 6.93. The Bertz CT molecular complexity index is 1090. The van der Waals surface area contributed by atoms with E-state index in [4.69, 9.17) is 0 Å². The molecule has 0 bridgehead atoms. The largest absolute Gasteiger partial charge is 0.372 e. The van der Waals surface area contributed by atoms with Gasteiger partial charge < -0.3 is 9.80 Å². The van der Waals surface area contributed by atoms with E-state index >= 15 is 0 Å². The summed E-state index contributed by atoms with van der Waals surface area (Å²) >= 11 is 1.50. The Balaban J connectivity index is 1.37. The van der Waals surface area contributed by atoms with Gasteiger partial charge in [0.15, 0.2) is 0 Å². The molecule has 0 spiro atoms. The Kier molecular flexibility index (Phi) is 6.98. The molecule has 7 nitrogen and oxygen atoms in total. The second-order valence-corrected chi connectivity index (χ2v) is 9.31. The van der Waals surface area contributed by atoms with Crippen LogP contribution in [0.2, 0.25) is 0 Å². The third-order valence-electron chi connectivity index (χ3n) is 6.30. The van der Waals surface area contributed by atoms with Crippen LogP contribution in [0.4, 0.5) is 5.69 Å². The maximum Gasteiger partial charge on any atom is 0.253 e. The summed E-state index contributed by atoms with van der Waals surface area (Å²) in [5.74, 6) is 0.747. The molecule has 1 saturated heterocycles. The molecule has 32 heavy (non-hydrogen) atoms. The Morgan fingerprint density at radius 2 is 1.81 bits per heavy atom. The number of aryl methyl sites for hydroxylation is 2. The molecule has 3 aromatic rings. The Morgan fingerprint density at radius 1 is 1.09 bits per heavy atom. The predicted octanol–water partition coefficient (Wildman–Crippen LogP) is 4.04. The van der Waals surface area contributed by atoms with Crippen LogP contribution in [-0.2, 0) is 17.8 Å². The molecule has 0 atom stereocenters. The van der Waals surface area contributed by atoms with Crippen molar-refractivity contribution in [2.75, 3.05) is 31.3 Å². The van der Waals surface area contributed by atoms with Crippen LogP contribution in [-0.4, -0.2) is 56.8 Å². The van der Waals surface area contributed by atoms with E-state index in [0.717, 1.165) is 35.6 Å². The fourth-order valence-corrected chi connectivity index (χ4v) is 4.72. The molecule has 8 heteroatoms. The number of anilines is 1. The summed E-state index contributed by atoms with van der Waals surface area (Å²) in [5, 5.41) is 5.21. The van der Waals surface area contributed by atoms with E-state index in [1.807, 2.05) is 32.1 Å². The summed E-state index contributed by atoms with van der Waals surface area (Å²) in [4.78, 5) is 26.1. The van der Waals surface area contributed by atoms with Crippen LogP contribution in [0.5, 0.6) is 0 Å². The molecule has 2 aromatic heterocycles. The number of aromatic nitrogens is 4. The monoisotopic (exact) mass is 452 g/mol. The summed E-state index contributed by atoms with van der Waals surface area (Å²) in [6, 6.07) is 8.67. The normalized spacial score (nSPS) is 14.2. The molecule has 0 N–H and O–H groups in total. The standard InChI is InChI=1S/C24H32N6OS/c1-17-21(18(2)30-23(25-17)26-24(27-30)32-4)12-13-22(31)28(3)16-19-8-10-20(11-9-19)29-14-6-5-7-15-29/h8-11H,5-7,12-16H2,1-4H3. The molecular formula is C24H32N6OS. The molecule has 3 heterocycles. The van der Waals surface area contributed by atoms with Crippen molar-refractivity contribution in [3.63, 3.8) is 0 Å². The van der Waals surface area contributed by atoms with E-state index in [1.54, 1.807) is 4.52 Å². The van der Waals surface area contributed by atoms with Crippen molar-refractivity contribution in [2.24, 2.45) is 0 Å². The summed E-state index contributed by atoms with van der Waals surface area (Å²) in [6.45, 7) is 6.91. The van der Waals surface area contributed by atoms with Crippen molar-refractivity contribution in [3.8, 4) is 0 Å². The first-order valence-corrected chi connectivity index (χ1v) is 12.5. The van der Waals surface area contributed by atoms with Crippen molar-refractivity contribution in [1.82, 2.24) is 24.5 Å². The number of carbonyl (C=O) groups is 1. The van der Waals surface area contributed by atoms with Gasteiger partial charge in [-0.05, 0) is 69.0 Å². The van der Waals surface area contributed by atoms with Gasteiger partial charge in [0.05, 0.1) is 0 Å². The molecule has 0 radical (unpaired) electrons. The minimum absolute atomic E-state index is 0.132. The minimum atomic E-state index is 0.132. The van der Waals surface area contributed by atoms with E-state index in [0.29, 0.717) is 30.3 Å². The average Bonchev–Trinajstić information content (AvgIpc) is 3.23. The molecule has 0 saturated carbocycles. The van der Waals surface area contributed by atoms with Gasteiger partial charge >= 0.3 is 0 Å². The summed E-state index contributed by atoms with van der Waals surface area (Å²) in [7, 11) is 1.88. The highest BCUT2D eigenvalue weighted by Gasteiger charge is 2.16. The lowest BCUT2D eigenvalue weighted by atomic mass is 10.1. The summed E-state index contributed by atoms with van der Waals surface area (Å²) in [5.41, 5.74) is 5.43. The highest BCUT2D eigenvalue weighted by molar-refractivity contribution is 7.98. The lowest BCUT2D eigenvalue weighted by Crippen LogP contribution is -2.29. The molecule has 170 valence electrons. The highest BCUT2D eigenvalue weighted by Crippen LogP contribution is 2.21. The maximum atomic E-state index is 12.8. The first-order chi connectivity index (χ1) is 15.5. The number of benzene rings is 1. The third kappa shape index (κ3) is 4.90. The van der Waals surface area contributed by atoms with E-state index in [9.17, 15) is 4.79 Å². The zero-order valence-electron chi connectivity index (χ0n) is 19.5. The van der Waals surface area contributed by atoms with Crippen LogP contribution in [0.3, 0.4) is 0 Å². The SMILES string of the molecule is CSc1nc2nc(C)c(CCC(=O)N(C)Cc3ccc(N4CCCCC4)cc3)c(C)n2n1. The predicted molar refractivity (Wildman–Crippen MR) is 129 cm³/mol. The number of thioether (sulfide) groups is 1. The van der Waals surface area contributed by atoms with Crippen LogP contribution in [0.15, 0.2) is 29.4 Å². The van der Waals surface area contributed by atoms with Gasteiger partial charge in [-0.3, -0.25) is 4.79 Å². The van der Waals surface area contributed by atoms with Crippen LogP contribution in [0, 0.1) is 13.8 Å². The van der Waals surface area contributed by atoms with Gasteiger partial charge in [0.1, 0.15) is 0 Å². The van der Waals surface area contributed by atoms with Gasteiger partial charge in [-0.2, -0.15) is 4.98 Å². The molecule has 0 aliphatic carbocycles. The van der Waals surface area contributed by atoms with Crippen LogP contribution in [0.25, 0.3) is 5.78 Å². The quantitative estimate of drug-likeness (QED) is 0.504. The average molecular weight is 453 g/mol. The zero-order chi connectivity index (χ0) is 22.7. The number of carbonyl (C=O) groups excluding carboxylic acids is 1. The van der Waals surface area contributed by atoms with Crippen molar-refractivity contribution >= 4 is 29.1 Å². The third-order valence-corrected chi connectivity index (χ3v) is 6.84. The van der Waals surface area contributed by atoms with E-state index in [1.165, 1.54) is 36.7 Å². The fourth-order valence-electron chi connectivity index (χ4n) is 4.39. The van der Waals surface area contributed by atoms with Crippen LogP contribution < -0.4 is 4.90 Å². The lowest BCUT2D eigenvalue weighted by Gasteiger charge is -2.29.